The average molecular weight is 249 g/mol. The van der Waals surface area contributed by atoms with Crippen molar-refractivity contribution in [2.24, 2.45) is 0 Å². The van der Waals surface area contributed by atoms with Gasteiger partial charge in [0, 0.05) is 26.2 Å². The van der Waals surface area contributed by atoms with Crippen molar-refractivity contribution < 1.29 is 4.74 Å². The quantitative estimate of drug-likeness (QED) is 0.774. The lowest BCUT2D eigenvalue weighted by molar-refractivity contribution is 0.0336. The second-order valence-corrected chi connectivity index (χ2v) is 4.69. The summed E-state index contributed by atoms with van der Waals surface area (Å²) in [5.74, 6) is 0. The molecule has 1 aromatic rings. The molecule has 0 spiro atoms. The molecule has 2 rings (SSSR count). The second kappa shape index (κ2) is 7.46. The predicted molar refractivity (Wildman–Crippen MR) is 72.3 cm³/mol. The van der Waals surface area contributed by atoms with E-state index in [0.29, 0.717) is 0 Å². The number of nitrogens with zero attached hydrogens (tertiary/aromatic N) is 2. The standard InChI is InChI=1S/C14H23N3O/c1-2-6-15-11-13-4-3-5-14(16-13)12-17-7-9-18-10-8-17/h3-5,15H,2,6-12H2,1H3. The van der Waals surface area contributed by atoms with E-state index < -0.39 is 0 Å². The van der Waals surface area contributed by atoms with Gasteiger partial charge in [0.05, 0.1) is 24.6 Å². The van der Waals surface area contributed by atoms with Crippen molar-refractivity contribution in [3.63, 3.8) is 0 Å². The van der Waals surface area contributed by atoms with Crippen LogP contribution >= 0.6 is 0 Å². The van der Waals surface area contributed by atoms with E-state index in [1.807, 2.05) is 0 Å². The molecule has 4 heteroatoms. The van der Waals surface area contributed by atoms with Crippen LogP contribution < -0.4 is 5.32 Å². The van der Waals surface area contributed by atoms with Crippen LogP contribution in [-0.2, 0) is 17.8 Å². The van der Waals surface area contributed by atoms with Crippen LogP contribution in [0.4, 0.5) is 0 Å². The number of rotatable bonds is 6. The first-order chi connectivity index (χ1) is 8.88. The maximum atomic E-state index is 5.35. The molecule has 0 aromatic carbocycles. The Kier molecular flexibility index (Phi) is 5.58. The highest BCUT2D eigenvalue weighted by atomic mass is 16.5. The van der Waals surface area contributed by atoms with Gasteiger partial charge in [0.15, 0.2) is 0 Å². The van der Waals surface area contributed by atoms with Gasteiger partial charge in [0.25, 0.3) is 0 Å². The molecule has 1 saturated heterocycles. The van der Waals surface area contributed by atoms with E-state index in [0.717, 1.165) is 63.7 Å². The van der Waals surface area contributed by atoms with Gasteiger partial charge in [-0.15, -0.1) is 0 Å². The summed E-state index contributed by atoms with van der Waals surface area (Å²) >= 11 is 0. The summed E-state index contributed by atoms with van der Waals surface area (Å²) in [5.41, 5.74) is 2.29. The smallest absolute Gasteiger partial charge is 0.0594 e. The molecule has 2 heterocycles. The molecule has 0 radical (unpaired) electrons. The minimum atomic E-state index is 0.845. The van der Waals surface area contributed by atoms with E-state index in [-0.39, 0.29) is 0 Å². The van der Waals surface area contributed by atoms with Gasteiger partial charge in [-0.3, -0.25) is 9.88 Å². The lowest BCUT2D eigenvalue weighted by Crippen LogP contribution is -2.35. The molecule has 0 aliphatic carbocycles. The summed E-state index contributed by atoms with van der Waals surface area (Å²) in [4.78, 5) is 7.09. The molecule has 1 fully saturated rings. The highest BCUT2D eigenvalue weighted by Gasteiger charge is 2.11. The zero-order chi connectivity index (χ0) is 12.6. The minimum absolute atomic E-state index is 0.845. The Labute approximate surface area is 109 Å². The van der Waals surface area contributed by atoms with Gasteiger partial charge < -0.3 is 10.1 Å². The average Bonchev–Trinajstić information content (AvgIpc) is 2.41. The van der Waals surface area contributed by atoms with Crippen molar-refractivity contribution in [3.05, 3.63) is 29.6 Å². The van der Waals surface area contributed by atoms with Crippen LogP contribution in [0.2, 0.25) is 0 Å². The van der Waals surface area contributed by atoms with Gasteiger partial charge in [0.2, 0.25) is 0 Å². The van der Waals surface area contributed by atoms with E-state index >= 15 is 0 Å². The molecule has 0 atom stereocenters. The van der Waals surface area contributed by atoms with Gasteiger partial charge in [-0.2, -0.15) is 0 Å². The molecule has 0 unspecified atom stereocenters. The monoisotopic (exact) mass is 249 g/mol. The first kappa shape index (κ1) is 13.5. The molecule has 1 aliphatic rings. The van der Waals surface area contributed by atoms with Crippen LogP contribution in [-0.4, -0.2) is 42.7 Å². The third kappa shape index (κ3) is 4.37. The Morgan fingerprint density at radius 3 is 2.83 bits per heavy atom. The Bertz CT molecular complexity index is 351. The molecule has 0 saturated carbocycles. The van der Waals surface area contributed by atoms with Gasteiger partial charge in [-0.1, -0.05) is 13.0 Å². The van der Waals surface area contributed by atoms with Crippen LogP contribution in [0.15, 0.2) is 18.2 Å². The van der Waals surface area contributed by atoms with Crippen molar-refractivity contribution in [2.45, 2.75) is 26.4 Å². The fraction of sp³-hybridized carbons (Fsp3) is 0.643. The number of morpholine rings is 1. The molecule has 100 valence electrons. The maximum absolute atomic E-state index is 5.35. The summed E-state index contributed by atoms with van der Waals surface area (Å²) in [7, 11) is 0. The molecule has 0 amide bonds. The summed E-state index contributed by atoms with van der Waals surface area (Å²) in [6.45, 7) is 8.75. The van der Waals surface area contributed by atoms with Crippen molar-refractivity contribution in [3.8, 4) is 0 Å². The van der Waals surface area contributed by atoms with Crippen molar-refractivity contribution >= 4 is 0 Å². The van der Waals surface area contributed by atoms with E-state index in [1.54, 1.807) is 0 Å². The number of hydrogen-bond donors (Lipinski definition) is 1. The summed E-state index contributed by atoms with van der Waals surface area (Å²) in [6.07, 6.45) is 1.16. The third-order valence-corrected chi connectivity index (χ3v) is 3.09. The van der Waals surface area contributed by atoms with Crippen molar-refractivity contribution in [1.82, 2.24) is 15.2 Å². The van der Waals surface area contributed by atoms with E-state index in [1.165, 1.54) is 0 Å². The number of ether oxygens (including phenoxy) is 1. The molecule has 1 N–H and O–H groups in total. The van der Waals surface area contributed by atoms with E-state index in [2.05, 4.69) is 35.3 Å². The first-order valence-corrected chi connectivity index (χ1v) is 6.84. The highest BCUT2D eigenvalue weighted by Crippen LogP contribution is 2.06. The lowest BCUT2D eigenvalue weighted by atomic mass is 10.2. The molecular weight excluding hydrogens is 226 g/mol. The van der Waals surface area contributed by atoms with Crippen LogP contribution in [0.1, 0.15) is 24.7 Å². The Morgan fingerprint density at radius 2 is 2.06 bits per heavy atom. The Hall–Kier alpha value is -0.970. The maximum Gasteiger partial charge on any atom is 0.0594 e. The fourth-order valence-corrected chi connectivity index (χ4v) is 2.10. The van der Waals surface area contributed by atoms with Gasteiger partial charge in [-0.25, -0.2) is 0 Å². The summed E-state index contributed by atoms with van der Waals surface area (Å²) in [6, 6.07) is 6.30. The molecule has 18 heavy (non-hydrogen) atoms. The van der Waals surface area contributed by atoms with Crippen molar-refractivity contribution in [2.75, 3.05) is 32.8 Å². The second-order valence-electron chi connectivity index (χ2n) is 4.69. The number of hydrogen-bond acceptors (Lipinski definition) is 4. The number of pyridine rings is 1. The highest BCUT2D eigenvalue weighted by molar-refractivity contribution is 5.11. The molecule has 1 aliphatic heterocycles. The van der Waals surface area contributed by atoms with E-state index in [4.69, 9.17) is 9.72 Å². The number of aromatic nitrogens is 1. The zero-order valence-electron chi connectivity index (χ0n) is 11.2. The topological polar surface area (TPSA) is 37.4 Å². The Balaban J connectivity index is 1.85. The van der Waals surface area contributed by atoms with Gasteiger partial charge >= 0.3 is 0 Å². The molecule has 1 aromatic heterocycles. The molecule has 0 bridgehead atoms. The summed E-state index contributed by atoms with van der Waals surface area (Å²) in [5, 5.41) is 3.39. The van der Waals surface area contributed by atoms with E-state index in [9.17, 15) is 0 Å². The van der Waals surface area contributed by atoms with Crippen LogP contribution in [0.25, 0.3) is 0 Å². The summed E-state index contributed by atoms with van der Waals surface area (Å²) < 4.78 is 5.35. The zero-order valence-corrected chi connectivity index (χ0v) is 11.2. The lowest BCUT2D eigenvalue weighted by Gasteiger charge is -2.26. The normalized spacial score (nSPS) is 16.9. The van der Waals surface area contributed by atoms with Crippen LogP contribution in [0, 0.1) is 0 Å². The SMILES string of the molecule is CCCNCc1cccc(CN2CCOCC2)n1. The van der Waals surface area contributed by atoms with Crippen LogP contribution in [0.5, 0.6) is 0 Å². The van der Waals surface area contributed by atoms with Gasteiger partial charge in [-0.05, 0) is 25.1 Å². The van der Waals surface area contributed by atoms with Gasteiger partial charge in [0.1, 0.15) is 0 Å². The largest absolute Gasteiger partial charge is 0.379 e. The third-order valence-electron chi connectivity index (χ3n) is 3.09. The predicted octanol–water partition coefficient (Wildman–Crippen LogP) is 1.41. The fourth-order valence-electron chi connectivity index (χ4n) is 2.10. The Morgan fingerprint density at radius 1 is 1.28 bits per heavy atom. The number of nitrogens with one attached hydrogen (secondary N) is 1. The molecular formula is C14H23N3O. The van der Waals surface area contributed by atoms with Crippen LogP contribution in [0.3, 0.4) is 0 Å². The first-order valence-electron chi connectivity index (χ1n) is 6.84. The molecule has 4 nitrogen and oxygen atoms in total. The minimum Gasteiger partial charge on any atom is -0.379 e. The van der Waals surface area contributed by atoms with Crippen molar-refractivity contribution in [1.29, 1.82) is 0 Å².